The van der Waals surface area contributed by atoms with Crippen molar-refractivity contribution in [3.63, 3.8) is 0 Å². The summed E-state index contributed by atoms with van der Waals surface area (Å²) in [7, 11) is 0. The highest BCUT2D eigenvalue weighted by molar-refractivity contribution is 5.80. The molecule has 0 aliphatic heterocycles. The summed E-state index contributed by atoms with van der Waals surface area (Å²) >= 11 is 0. The molecule has 1 aromatic rings. The summed E-state index contributed by atoms with van der Waals surface area (Å²) in [5.74, 6) is 0.836. The number of rotatable bonds is 8. The fourth-order valence-corrected chi connectivity index (χ4v) is 1.63. The molecule has 21 heavy (non-hydrogen) atoms. The third-order valence-electron chi connectivity index (χ3n) is 2.70. The van der Waals surface area contributed by atoms with Gasteiger partial charge in [0, 0.05) is 24.9 Å². The molecule has 1 atom stereocenters. The lowest BCUT2D eigenvalue weighted by molar-refractivity contribution is -0.132. The molecule has 0 radical (unpaired) electrons. The van der Waals surface area contributed by atoms with Crippen LogP contribution >= 0.6 is 0 Å². The predicted molar refractivity (Wildman–Crippen MR) is 82.1 cm³/mol. The van der Waals surface area contributed by atoms with Gasteiger partial charge in [0.2, 0.25) is 11.8 Å². The highest BCUT2D eigenvalue weighted by Gasteiger charge is 2.15. The molecular weight excluding hydrogens is 268 g/mol. The van der Waals surface area contributed by atoms with Crippen molar-refractivity contribution in [2.75, 3.05) is 6.61 Å². The maximum absolute atomic E-state index is 12.0. The van der Waals surface area contributed by atoms with Gasteiger partial charge in [-0.2, -0.15) is 0 Å². The summed E-state index contributed by atoms with van der Waals surface area (Å²) < 4.78 is 11.1. The monoisotopic (exact) mass is 294 g/mol. The molecule has 5 heteroatoms. The lowest BCUT2D eigenvalue weighted by Crippen LogP contribution is -2.35. The first kappa shape index (κ1) is 17.4. The van der Waals surface area contributed by atoms with Crippen LogP contribution in [0.15, 0.2) is 18.3 Å². The van der Waals surface area contributed by atoms with Crippen LogP contribution in [0, 0.1) is 5.92 Å². The Hall–Kier alpha value is -1.62. The fraction of sp³-hybridized carbons (Fsp3) is 0.625. The Kier molecular flexibility index (Phi) is 7.15. The van der Waals surface area contributed by atoms with E-state index in [4.69, 9.17) is 9.47 Å². The van der Waals surface area contributed by atoms with Crippen molar-refractivity contribution in [3.8, 4) is 5.88 Å². The van der Waals surface area contributed by atoms with Crippen LogP contribution < -0.4 is 10.1 Å². The van der Waals surface area contributed by atoms with Crippen molar-refractivity contribution in [2.24, 2.45) is 5.92 Å². The molecule has 0 saturated carbocycles. The van der Waals surface area contributed by atoms with Crippen LogP contribution in [0.2, 0.25) is 0 Å². The van der Waals surface area contributed by atoms with E-state index in [-0.39, 0.29) is 12.0 Å². The standard InChI is InChI=1S/C16H26N2O3/c1-11(2)10-20-13(5)15(19)18-9-14-7-6-8-17-16(14)21-12(3)4/h6-8,11-13H,9-10H2,1-5H3,(H,18,19). The van der Waals surface area contributed by atoms with Crippen LogP contribution in [0.3, 0.4) is 0 Å². The van der Waals surface area contributed by atoms with Gasteiger partial charge in [0.15, 0.2) is 0 Å². The van der Waals surface area contributed by atoms with Gasteiger partial charge in [0.1, 0.15) is 6.10 Å². The number of hydrogen-bond acceptors (Lipinski definition) is 4. The van der Waals surface area contributed by atoms with Crippen molar-refractivity contribution in [3.05, 3.63) is 23.9 Å². The first-order valence-corrected chi connectivity index (χ1v) is 7.40. The maximum atomic E-state index is 12.0. The predicted octanol–water partition coefficient (Wildman–Crippen LogP) is 2.55. The normalized spacial score (nSPS) is 12.5. The highest BCUT2D eigenvalue weighted by Crippen LogP contribution is 2.15. The molecule has 5 nitrogen and oxygen atoms in total. The Labute approximate surface area is 127 Å². The first-order chi connectivity index (χ1) is 9.90. The van der Waals surface area contributed by atoms with E-state index in [1.54, 1.807) is 13.1 Å². The summed E-state index contributed by atoms with van der Waals surface area (Å²) in [5.41, 5.74) is 0.857. The Bertz CT molecular complexity index is 447. The van der Waals surface area contributed by atoms with E-state index in [0.29, 0.717) is 24.9 Å². The Morgan fingerprint density at radius 3 is 2.62 bits per heavy atom. The highest BCUT2D eigenvalue weighted by atomic mass is 16.5. The van der Waals surface area contributed by atoms with Crippen molar-refractivity contribution in [2.45, 2.75) is 53.4 Å². The summed E-state index contributed by atoms with van der Waals surface area (Å²) in [6.45, 7) is 10.7. The van der Waals surface area contributed by atoms with E-state index in [2.05, 4.69) is 24.1 Å². The number of hydrogen-bond donors (Lipinski definition) is 1. The van der Waals surface area contributed by atoms with Crippen LogP contribution in [0.1, 0.15) is 40.2 Å². The van der Waals surface area contributed by atoms with Gasteiger partial charge in [0.05, 0.1) is 6.10 Å². The zero-order valence-corrected chi connectivity index (χ0v) is 13.6. The van der Waals surface area contributed by atoms with Crippen molar-refractivity contribution >= 4 is 5.91 Å². The molecule has 0 spiro atoms. The lowest BCUT2D eigenvalue weighted by atomic mass is 10.2. The molecule has 0 aromatic carbocycles. The van der Waals surface area contributed by atoms with Crippen molar-refractivity contribution in [1.82, 2.24) is 10.3 Å². The van der Waals surface area contributed by atoms with Crippen LogP contribution in [-0.2, 0) is 16.1 Å². The van der Waals surface area contributed by atoms with Gasteiger partial charge in [0.25, 0.3) is 0 Å². The SMILES string of the molecule is CC(C)COC(C)C(=O)NCc1cccnc1OC(C)C. The Morgan fingerprint density at radius 2 is 2.00 bits per heavy atom. The number of carbonyl (C=O) groups is 1. The van der Waals surface area contributed by atoms with Crippen LogP contribution in [0.25, 0.3) is 0 Å². The topological polar surface area (TPSA) is 60.5 Å². The number of carbonyl (C=O) groups excluding carboxylic acids is 1. The summed E-state index contributed by atoms with van der Waals surface area (Å²) in [5, 5.41) is 2.85. The molecule has 0 saturated heterocycles. The number of ether oxygens (including phenoxy) is 2. The summed E-state index contributed by atoms with van der Waals surface area (Å²) in [4.78, 5) is 16.2. The average Bonchev–Trinajstić information content (AvgIpc) is 2.42. The molecule has 1 rings (SSSR count). The second-order valence-corrected chi connectivity index (χ2v) is 5.72. The molecule has 0 fully saturated rings. The molecule has 0 bridgehead atoms. The fourth-order valence-electron chi connectivity index (χ4n) is 1.63. The van der Waals surface area contributed by atoms with Gasteiger partial charge >= 0.3 is 0 Å². The average molecular weight is 294 g/mol. The molecule has 1 heterocycles. The van der Waals surface area contributed by atoms with E-state index in [0.717, 1.165) is 5.56 Å². The van der Waals surface area contributed by atoms with Gasteiger partial charge in [-0.1, -0.05) is 19.9 Å². The van der Waals surface area contributed by atoms with E-state index < -0.39 is 6.10 Å². The molecule has 1 N–H and O–H groups in total. The molecule has 1 aromatic heterocycles. The lowest BCUT2D eigenvalue weighted by Gasteiger charge is -2.16. The molecular formula is C16H26N2O3. The largest absolute Gasteiger partial charge is 0.475 e. The van der Waals surface area contributed by atoms with Gasteiger partial charge in [-0.25, -0.2) is 4.98 Å². The van der Waals surface area contributed by atoms with Gasteiger partial charge in [-0.05, 0) is 32.8 Å². The second kappa shape index (κ2) is 8.62. The molecule has 1 amide bonds. The minimum Gasteiger partial charge on any atom is -0.475 e. The van der Waals surface area contributed by atoms with Crippen molar-refractivity contribution in [1.29, 1.82) is 0 Å². The van der Waals surface area contributed by atoms with Crippen LogP contribution in [-0.4, -0.2) is 29.7 Å². The van der Waals surface area contributed by atoms with Crippen LogP contribution in [0.4, 0.5) is 0 Å². The van der Waals surface area contributed by atoms with Crippen molar-refractivity contribution < 1.29 is 14.3 Å². The quantitative estimate of drug-likeness (QED) is 0.800. The third kappa shape index (κ3) is 6.58. The minimum absolute atomic E-state index is 0.0441. The van der Waals surface area contributed by atoms with Gasteiger partial charge in [-0.3, -0.25) is 4.79 Å². The number of aromatic nitrogens is 1. The Balaban J connectivity index is 2.52. The summed E-state index contributed by atoms with van der Waals surface area (Å²) in [6, 6.07) is 3.72. The smallest absolute Gasteiger partial charge is 0.249 e. The number of nitrogens with zero attached hydrogens (tertiary/aromatic N) is 1. The third-order valence-corrected chi connectivity index (χ3v) is 2.70. The van der Waals surface area contributed by atoms with E-state index >= 15 is 0 Å². The van der Waals surface area contributed by atoms with Crippen LogP contribution in [0.5, 0.6) is 5.88 Å². The molecule has 0 aliphatic carbocycles. The number of pyridine rings is 1. The molecule has 118 valence electrons. The minimum atomic E-state index is -0.460. The molecule has 1 unspecified atom stereocenters. The van der Waals surface area contributed by atoms with E-state index in [1.165, 1.54) is 0 Å². The van der Waals surface area contributed by atoms with Gasteiger partial charge < -0.3 is 14.8 Å². The first-order valence-electron chi connectivity index (χ1n) is 7.40. The maximum Gasteiger partial charge on any atom is 0.249 e. The van der Waals surface area contributed by atoms with E-state index in [9.17, 15) is 4.79 Å². The number of nitrogens with one attached hydrogen (secondary N) is 1. The molecule has 0 aliphatic rings. The summed E-state index contributed by atoms with van der Waals surface area (Å²) in [6.07, 6.45) is 1.26. The zero-order valence-electron chi connectivity index (χ0n) is 13.6. The zero-order chi connectivity index (χ0) is 15.8. The Morgan fingerprint density at radius 1 is 1.29 bits per heavy atom. The second-order valence-electron chi connectivity index (χ2n) is 5.72. The van der Waals surface area contributed by atoms with E-state index in [1.807, 2.05) is 26.0 Å². The number of amides is 1. The van der Waals surface area contributed by atoms with Gasteiger partial charge in [-0.15, -0.1) is 0 Å².